The van der Waals surface area contributed by atoms with E-state index in [1.165, 1.54) is 12.1 Å². The molecule has 1 atom stereocenters. The highest BCUT2D eigenvalue weighted by Gasteiger charge is 2.35. The number of halogens is 3. The first-order valence-corrected chi connectivity index (χ1v) is 11.7. The summed E-state index contributed by atoms with van der Waals surface area (Å²) in [6.07, 6.45) is -3.77. The Labute approximate surface area is 189 Å². The Morgan fingerprint density at radius 1 is 1.00 bits per heavy atom. The highest BCUT2D eigenvalue weighted by molar-refractivity contribution is 7.92. The van der Waals surface area contributed by atoms with Crippen LogP contribution >= 0.6 is 0 Å². The van der Waals surface area contributed by atoms with Gasteiger partial charge < -0.3 is 10.6 Å². The van der Waals surface area contributed by atoms with Crippen molar-refractivity contribution in [3.8, 4) is 11.3 Å². The van der Waals surface area contributed by atoms with Crippen LogP contribution in [0.4, 0.5) is 24.8 Å². The van der Waals surface area contributed by atoms with Crippen molar-refractivity contribution < 1.29 is 21.6 Å². The average Bonchev–Trinajstić information content (AvgIpc) is 3.26. The van der Waals surface area contributed by atoms with Crippen molar-refractivity contribution in [3.63, 3.8) is 0 Å². The van der Waals surface area contributed by atoms with E-state index in [0.717, 1.165) is 31.6 Å². The molecule has 1 aliphatic rings. The smallest absolute Gasteiger partial charge is 0.366 e. The molecule has 0 aliphatic carbocycles. The van der Waals surface area contributed by atoms with E-state index >= 15 is 0 Å². The van der Waals surface area contributed by atoms with E-state index in [1.54, 1.807) is 37.3 Å². The monoisotopic (exact) mass is 477 g/mol. The van der Waals surface area contributed by atoms with Gasteiger partial charge >= 0.3 is 6.18 Å². The molecule has 3 N–H and O–H groups in total. The maximum Gasteiger partial charge on any atom is 0.418 e. The fourth-order valence-corrected chi connectivity index (χ4v) is 4.58. The number of pyridine rings is 2. The summed E-state index contributed by atoms with van der Waals surface area (Å²) < 4.78 is 68.9. The fraction of sp³-hybridized carbons (Fsp3) is 0.273. The lowest BCUT2D eigenvalue weighted by Gasteiger charge is -2.16. The Kier molecular flexibility index (Phi) is 6.26. The Hall–Kier alpha value is -3.18. The molecule has 3 heterocycles. The molecule has 0 radical (unpaired) electrons. The highest BCUT2D eigenvalue weighted by atomic mass is 32.2. The van der Waals surface area contributed by atoms with Gasteiger partial charge in [-0.25, -0.2) is 9.97 Å². The molecule has 0 spiro atoms. The zero-order valence-corrected chi connectivity index (χ0v) is 18.5. The van der Waals surface area contributed by atoms with Crippen molar-refractivity contribution in [3.05, 3.63) is 65.7 Å². The lowest BCUT2D eigenvalue weighted by Crippen LogP contribution is -2.23. The van der Waals surface area contributed by atoms with Gasteiger partial charge in [-0.05, 0) is 49.7 Å². The molecule has 1 aliphatic heterocycles. The van der Waals surface area contributed by atoms with Crippen molar-refractivity contribution >= 4 is 21.7 Å². The van der Waals surface area contributed by atoms with Crippen LogP contribution in [0.15, 0.2) is 59.6 Å². The third-order valence-corrected chi connectivity index (χ3v) is 6.51. The van der Waals surface area contributed by atoms with E-state index in [1.807, 2.05) is 0 Å². The number of aryl methyl sites for hydroxylation is 1. The molecule has 2 aromatic heterocycles. The number of nitrogens with zero attached hydrogens (tertiary/aromatic N) is 2. The maximum absolute atomic E-state index is 13.6. The lowest BCUT2D eigenvalue weighted by molar-refractivity contribution is -0.137. The Bertz CT molecular complexity index is 1260. The fourth-order valence-electron chi connectivity index (χ4n) is 3.61. The first-order chi connectivity index (χ1) is 15.6. The van der Waals surface area contributed by atoms with Crippen LogP contribution in [0.3, 0.4) is 0 Å². The summed E-state index contributed by atoms with van der Waals surface area (Å²) in [6, 6.07) is 12.9. The molecule has 11 heteroatoms. The third kappa shape index (κ3) is 5.25. The minimum atomic E-state index is -4.65. The van der Waals surface area contributed by atoms with Crippen molar-refractivity contribution in [2.45, 2.75) is 30.6 Å². The Morgan fingerprint density at radius 3 is 2.48 bits per heavy atom. The number of sulfonamides is 1. The predicted octanol–water partition coefficient (Wildman–Crippen LogP) is 4.05. The number of hydrogen-bond donors (Lipinski definition) is 3. The number of benzene rings is 1. The van der Waals surface area contributed by atoms with Crippen LogP contribution in [0.2, 0.25) is 0 Å². The van der Waals surface area contributed by atoms with Gasteiger partial charge in [-0.2, -0.15) is 21.6 Å². The molecule has 174 valence electrons. The molecule has 3 aromatic rings. The van der Waals surface area contributed by atoms with Crippen molar-refractivity contribution in [1.29, 1.82) is 0 Å². The predicted molar refractivity (Wildman–Crippen MR) is 119 cm³/mol. The van der Waals surface area contributed by atoms with Gasteiger partial charge in [0, 0.05) is 18.2 Å². The van der Waals surface area contributed by atoms with Gasteiger partial charge in [-0.3, -0.25) is 4.72 Å². The second-order valence-corrected chi connectivity index (χ2v) is 9.34. The summed E-state index contributed by atoms with van der Waals surface area (Å²) >= 11 is 0. The van der Waals surface area contributed by atoms with Crippen molar-refractivity contribution in [2.24, 2.45) is 0 Å². The van der Waals surface area contributed by atoms with Crippen LogP contribution in [-0.4, -0.2) is 37.5 Å². The van der Waals surface area contributed by atoms with Gasteiger partial charge in [0.15, 0.2) is 5.03 Å². The Morgan fingerprint density at radius 2 is 1.79 bits per heavy atom. The molecular weight excluding hydrogens is 455 g/mol. The lowest BCUT2D eigenvalue weighted by atomic mass is 10.0. The number of rotatable bonds is 6. The molecular formula is C22H22F3N5O2S. The first kappa shape index (κ1) is 23.0. The van der Waals surface area contributed by atoms with E-state index in [-0.39, 0.29) is 28.1 Å². The minimum Gasteiger partial charge on any atom is -0.366 e. The number of hydrogen-bond acceptors (Lipinski definition) is 6. The second-order valence-electron chi connectivity index (χ2n) is 7.71. The topological polar surface area (TPSA) is 96.0 Å². The van der Waals surface area contributed by atoms with Crippen LogP contribution in [0, 0.1) is 6.92 Å². The quantitative estimate of drug-likeness (QED) is 0.496. The molecule has 0 amide bonds. The number of aromatic nitrogens is 2. The van der Waals surface area contributed by atoms with E-state index < -0.39 is 21.8 Å². The van der Waals surface area contributed by atoms with Gasteiger partial charge in [-0.15, -0.1) is 0 Å². The Balaban J connectivity index is 1.66. The second kappa shape index (κ2) is 8.99. The molecule has 1 aromatic carbocycles. The SMILES string of the molecule is Cc1ccccc1-c1nc(NS(=O)(=O)c2cccc(N[C@H]3CCNC3)n2)ccc1C(F)(F)F. The average molecular weight is 478 g/mol. The zero-order chi connectivity index (χ0) is 23.6. The summed E-state index contributed by atoms with van der Waals surface area (Å²) in [5.74, 6) is 0.161. The first-order valence-electron chi connectivity index (χ1n) is 10.2. The van der Waals surface area contributed by atoms with Crippen LogP contribution in [-0.2, 0) is 16.2 Å². The largest absolute Gasteiger partial charge is 0.418 e. The maximum atomic E-state index is 13.6. The van der Waals surface area contributed by atoms with Gasteiger partial charge in [0.25, 0.3) is 10.0 Å². The normalized spacial score (nSPS) is 16.5. The minimum absolute atomic E-state index is 0.136. The zero-order valence-electron chi connectivity index (χ0n) is 17.6. The van der Waals surface area contributed by atoms with Gasteiger partial charge in [0.1, 0.15) is 11.6 Å². The van der Waals surface area contributed by atoms with Crippen LogP contribution in [0.5, 0.6) is 0 Å². The summed E-state index contributed by atoms with van der Waals surface area (Å²) in [7, 11) is -4.19. The van der Waals surface area contributed by atoms with E-state index in [0.29, 0.717) is 11.4 Å². The molecule has 7 nitrogen and oxygen atoms in total. The standard InChI is InChI=1S/C22H22F3N5O2S/c1-14-5-2-3-6-16(14)21-17(22(23,24)25)9-10-19(29-21)30-33(31,32)20-8-4-7-18(28-20)27-15-11-12-26-13-15/h2-10,15,26H,11-13H2,1H3,(H,27,28)(H,29,30)/t15-/m0/s1. The molecule has 33 heavy (non-hydrogen) atoms. The van der Waals surface area contributed by atoms with Crippen molar-refractivity contribution in [1.82, 2.24) is 15.3 Å². The molecule has 0 saturated carbocycles. The number of alkyl halides is 3. The van der Waals surface area contributed by atoms with E-state index in [2.05, 4.69) is 25.3 Å². The number of nitrogens with one attached hydrogen (secondary N) is 3. The van der Waals surface area contributed by atoms with Crippen molar-refractivity contribution in [2.75, 3.05) is 23.1 Å². The highest BCUT2D eigenvalue weighted by Crippen LogP contribution is 2.38. The van der Waals surface area contributed by atoms with E-state index in [4.69, 9.17) is 0 Å². The van der Waals surface area contributed by atoms with Crippen LogP contribution < -0.4 is 15.4 Å². The van der Waals surface area contributed by atoms with Gasteiger partial charge in [-0.1, -0.05) is 30.3 Å². The van der Waals surface area contributed by atoms with Gasteiger partial charge in [0.2, 0.25) is 0 Å². The molecule has 1 saturated heterocycles. The van der Waals surface area contributed by atoms with Crippen LogP contribution in [0.1, 0.15) is 17.5 Å². The molecule has 1 fully saturated rings. The third-order valence-electron chi connectivity index (χ3n) is 5.25. The summed E-state index contributed by atoms with van der Waals surface area (Å²) in [6.45, 7) is 3.27. The molecule has 4 rings (SSSR count). The molecule has 0 unspecified atom stereocenters. The van der Waals surface area contributed by atoms with E-state index in [9.17, 15) is 21.6 Å². The van der Waals surface area contributed by atoms with Crippen LogP contribution in [0.25, 0.3) is 11.3 Å². The van der Waals surface area contributed by atoms with Gasteiger partial charge in [0.05, 0.1) is 11.3 Å². The molecule has 0 bridgehead atoms. The summed E-state index contributed by atoms with van der Waals surface area (Å²) in [4.78, 5) is 8.18. The number of anilines is 2. The summed E-state index contributed by atoms with van der Waals surface area (Å²) in [5, 5.41) is 6.10. The summed E-state index contributed by atoms with van der Waals surface area (Å²) in [5.41, 5.74) is -0.454.